The van der Waals surface area contributed by atoms with Gasteiger partial charge in [-0.2, -0.15) is 0 Å². The van der Waals surface area contributed by atoms with Gasteiger partial charge in [0.15, 0.2) is 0 Å². The average molecular weight is 234 g/mol. The quantitative estimate of drug-likeness (QED) is 0.824. The first-order valence-corrected chi connectivity index (χ1v) is 5.97. The minimum absolute atomic E-state index is 0.0843. The standard InChI is InChI=1S/C13H18N2O2/c1-14-8-6-13(16)15-11-7-9-17-12-5-3-2-4-10(11)12/h2-5,11,14H,6-9H2,1H3,(H,15,16). The van der Waals surface area contributed by atoms with Gasteiger partial charge in [-0.15, -0.1) is 0 Å². The molecule has 1 aromatic carbocycles. The Hall–Kier alpha value is -1.55. The van der Waals surface area contributed by atoms with Gasteiger partial charge in [0.05, 0.1) is 12.6 Å². The van der Waals surface area contributed by atoms with Crippen molar-refractivity contribution in [1.29, 1.82) is 0 Å². The van der Waals surface area contributed by atoms with Crippen LogP contribution in [0.4, 0.5) is 0 Å². The Morgan fingerprint density at radius 3 is 3.12 bits per heavy atom. The third-order valence-corrected chi connectivity index (χ3v) is 2.90. The Kier molecular flexibility index (Phi) is 3.98. The second-order valence-corrected chi connectivity index (χ2v) is 4.15. The van der Waals surface area contributed by atoms with Crippen molar-refractivity contribution >= 4 is 5.91 Å². The predicted octanol–water partition coefficient (Wildman–Crippen LogP) is 1.24. The first kappa shape index (κ1) is 11.9. The third-order valence-electron chi connectivity index (χ3n) is 2.90. The molecule has 1 heterocycles. The van der Waals surface area contributed by atoms with Crippen LogP contribution in [0.5, 0.6) is 5.75 Å². The second kappa shape index (κ2) is 5.68. The van der Waals surface area contributed by atoms with Crippen LogP contribution >= 0.6 is 0 Å². The summed E-state index contributed by atoms with van der Waals surface area (Å²) in [5, 5.41) is 6.02. The summed E-state index contributed by atoms with van der Waals surface area (Å²) >= 11 is 0. The number of ether oxygens (including phenoxy) is 1. The fourth-order valence-corrected chi connectivity index (χ4v) is 2.00. The molecule has 1 unspecified atom stereocenters. The Balaban J connectivity index is 2.01. The van der Waals surface area contributed by atoms with Gasteiger partial charge in [0.1, 0.15) is 5.75 Å². The van der Waals surface area contributed by atoms with Crippen LogP contribution in [-0.2, 0) is 4.79 Å². The lowest BCUT2D eigenvalue weighted by atomic mass is 10.0. The highest BCUT2D eigenvalue weighted by molar-refractivity contribution is 5.76. The lowest BCUT2D eigenvalue weighted by Crippen LogP contribution is -2.33. The topological polar surface area (TPSA) is 50.4 Å². The average Bonchev–Trinajstić information content (AvgIpc) is 2.37. The van der Waals surface area contributed by atoms with Crippen LogP contribution in [-0.4, -0.2) is 26.1 Å². The van der Waals surface area contributed by atoms with Gasteiger partial charge in [-0.3, -0.25) is 4.79 Å². The third kappa shape index (κ3) is 2.97. The Labute approximate surface area is 101 Å². The lowest BCUT2D eigenvalue weighted by molar-refractivity contribution is -0.121. The van der Waals surface area contributed by atoms with Crippen LogP contribution in [0.1, 0.15) is 24.4 Å². The molecule has 0 bridgehead atoms. The molecule has 1 aliphatic rings. The van der Waals surface area contributed by atoms with E-state index in [0.717, 1.165) is 17.7 Å². The minimum atomic E-state index is 0.0843. The summed E-state index contributed by atoms with van der Waals surface area (Å²) in [5.74, 6) is 0.971. The van der Waals surface area contributed by atoms with Crippen molar-refractivity contribution in [1.82, 2.24) is 10.6 Å². The fourth-order valence-electron chi connectivity index (χ4n) is 2.00. The van der Waals surface area contributed by atoms with Gasteiger partial charge in [0.25, 0.3) is 0 Å². The highest BCUT2D eigenvalue weighted by Crippen LogP contribution is 2.31. The van der Waals surface area contributed by atoms with Crippen molar-refractivity contribution in [3.05, 3.63) is 29.8 Å². The monoisotopic (exact) mass is 234 g/mol. The van der Waals surface area contributed by atoms with Gasteiger partial charge in [0.2, 0.25) is 5.91 Å². The summed E-state index contributed by atoms with van der Waals surface area (Å²) in [6.45, 7) is 1.37. The number of rotatable bonds is 4. The maximum atomic E-state index is 11.7. The van der Waals surface area contributed by atoms with Crippen LogP contribution < -0.4 is 15.4 Å². The minimum Gasteiger partial charge on any atom is -0.493 e. The maximum Gasteiger partial charge on any atom is 0.221 e. The number of hydrogen-bond acceptors (Lipinski definition) is 3. The Bertz CT molecular complexity index is 393. The van der Waals surface area contributed by atoms with E-state index in [0.29, 0.717) is 19.6 Å². The number of para-hydroxylation sites is 1. The first-order chi connectivity index (χ1) is 8.31. The fraction of sp³-hybridized carbons (Fsp3) is 0.462. The van der Waals surface area contributed by atoms with Gasteiger partial charge in [-0.1, -0.05) is 18.2 Å². The number of hydrogen-bond donors (Lipinski definition) is 2. The summed E-state index contributed by atoms with van der Waals surface area (Å²) in [6, 6.07) is 7.97. The Morgan fingerprint density at radius 1 is 1.47 bits per heavy atom. The van der Waals surface area contributed by atoms with Crippen LogP contribution in [0.15, 0.2) is 24.3 Å². The van der Waals surface area contributed by atoms with E-state index in [-0.39, 0.29) is 11.9 Å². The first-order valence-electron chi connectivity index (χ1n) is 5.97. The number of amides is 1. The van der Waals surface area contributed by atoms with Crippen molar-refractivity contribution in [2.75, 3.05) is 20.2 Å². The van der Waals surface area contributed by atoms with Crippen molar-refractivity contribution in [3.63, 3.8) is 0 Å². The smallest absolute Gasteiger partial charge is 0.221 e. The normalized spacial score (nSPS) is 18.1. The van der Waals surface area contributed by atoms with E-state index in [9.17, 15) is 4.79 Å². The van der Waals surface area contributed by atoms with E-state index in [4.69, 9.17) is 4.74 Å². The van der Waals surface area contributed by atoms with Crippen LogP contribution in [0.3, 0.4) is 0 Å². The molecule has 92 valence electrons. The SMILES string of the molecule is CNCCC(=O)NC1CCOc2ccccc21. The van der Waals surface area contributed by atoms with Gasteiger partial charge < -0.3 is 15.4 Å². The molecule has 2 rings (SSSR count). The van der Waals surface area contributed by atoms with Crippen molar-refractivity contribution in [3.8, 4) is 5.75 Å². The highest BCUT2D eigenvalue weighted by atomic mass is 16.5. The van der Waals surface area contributed by atoms with Gasteiger partial charge in [0, 0.05) is 24.9 Å². The zero-order chi connectivity index (χ0) is 12.1. The summed E-state index contributed by atoms with van der Waals surface area (Å²) in [6.07, 6.45) is 1.35. The van der Waals surface area contributed by atoms with E-state index >= 15 is 0 Å². The zero-order valence-corrected chi connectivity index (χ0v) is 10.0. The zero-order valence-electron chi connectivity index (χ0n) is 10.0. The van der Waals surface area contributed by atoms with Gasteiger partial charge in [-0.25, -0.2) is 0 Å². The molecular formula is C13H18N2O2. The van der Waals surface area contributed by atoms with Crippen molar-refractivity contribution < 1.29 is 9.53 Å². The second-order valence-electron chi connectivity index (χ2n) is 4.15. The molecule has 2 N–H and O–H groups in total. The molecule has 1 atom stereocenters. The van der Waals surface area contributed by atoms with E-state index in [1.165, 1.54) is 0 Å². The van der Waals surface area contributed by atoms with E-state index < -0.39 is 0 Å². The predicted molar refractivity (Wildman–Crippen MR) is 66.0 cm³/mol. The molecule has 0 spiro atoms. The van der Waals surface area contributed by atoms with Crippen molar-refractivity contribution in [2.24, 2.45) is 0 Å². The molecule has 0 aromatic heterocycles. The highest BCUT2D eigenvalue weighted by Gasteiger charge is 2.22. The molecule has 0 saturated heterocycles. The molecule has 4 nitrogen and oxygen atoms in total. The summed E-state index contributed by atoms with van der Waals surface area (Å²) < 4.78 is 5.55. The molecule has 1 aliphatic heterocycles. The molecule has 0 saturated carbocycles. The molecule has 4 heteroatoms. The van der Waals surface area contributed by atoms with Crippen LogP contribution in [0.25, 0.3) is 0 Å². The van der Waals surface area contributed by atoms with E-state index in [1.807, 2.05) is 31.3 Å². The molecule has 17 heavy (non-hydrogen) atoms. The summed E-state index contributed by atoms with van der Waals surface area (Å²) in [7, 11) is 1.84. The van der Waals surface area contributed by atoms with Gasteiger partial charge in [-0.05, 0) is 13.1 Å². The lowest BCUT2D eigenvalue weighted by Gasteiger charge is -2.26. The molecule has 1 amide bonds. The maximum absolute atomic E-state index is 11.7. The molecule has 0 radical (unpaired) electrons. The molecule has 0 aliphatic carbocycles. The molecule has 1 aromatic rings. The number of carbonyl (C=O) groups is 1. The molecular weight excluding hydrogens is 216 g/mol. The van der Waals surface area contributed by atoms with E-state index in [2.05, 4.69) is 10.6 Å². The summed E-state index contributed by atoms with van der Waals surface area (Å²) in [5.41, 5.74) is 1.08. The van der Waals surface area contributed by atoms with Crippen LogP contribution in [0, 0.1) is 0 Å². The summed E-state index contributed by atoms with van der Waals surface area (Å²) in [4.78, 5) is 11.7. The Morgan fingerprint density at radius 2 is 2.29 bits per heavy atom. The molecule has 0 fully saturated rings. The number of nitrogens with one attached hydrogen (secondary N) is 2. The van der Waals surface area contributed by atoms with Gasteiger partial charge >= 0.3 is 0 Å². The van der Waals surface area contributed by atoms with Crippen LogP contribution in [0.2, 0.25) is 0 Å². The van der Waals surface area contributed by atoms with Crippen molar-refractivity contribution in [2.45, 2.75) is 18.9 Å². The number of carbonyl (C=O) groups excluding carboxylic acids is 1. The number of benzene rings is 1. The van der Waals surface area contributed by atoms with E-state index in [1.54, 1.807) is 0 Å². The largest absolute Gasteiger partial charge is 0.493 e. The number of fused-ring (bicyclic) bond motifs is 1.